The number of alkyl halides is 3. The van der Waals surface area contributed by atoms with Crippen LogP contribution in [0.1, 0.15) is 46.5 Å². The fourth-order valence-electron chi connectivity index (χ4n) is 2.40. The zero-order valence-corrected chi connectivity index (χ0v) is 13.0. The fraction of sp³-hybridized carbons (Fsp3) is 0.857. The summed E-state index contributed by atoms with van der Waals surface area (Å²) in [6, 6.07) is 0. The van der Waals surface area contributed by atoms with E-state index in [1.165, 1.54) is 4.90 Å². The highest BCUT2D eigenvalue weighted by atomic mass is 19.4. The SMILES string of the molecule is CC(C)(C)OC(=O)N1CCC(CCC(F)(F)F)(C(=O)O)CC1. The van der Waals surface area contributed by atoms with E-state index in [1.54, 1.807) is 20.8 Å². The van der Waals surface area contributed by atoms with E-state index in [1.807, 2.05) is 0 Å². The molecule has 1 saturated heterocycles. The second-order valence-electron chi connectivity index (χ2n) is 6.67. The highest BCUT2D eigenvalue weighted by Gasteiger charge is 2.45. The number of piperidine rings is 1. The van der Waals surface area contributed by atoms with Crippen molar-refractivity contribution in [3.63, 3.8) is 0 Å². The Morgan fingerprint density at radius 3 is 2.05 bits per heavy atom. The molecule has 0 bridgehead atoms. The number of hydrogen-bond acceptors (Lipinski definition) is 3. The second kappa shape index (κ2) is 6.34. The van der Waals surface area contributed by atoms with Crippen LogP contribution in [0.5, 0.6) is 0 Å². The summed E-state index contributed by atoms with van der Waals surface area (Å²) in [6.45, 7) is 5.29. The van der Waals surface area contributed by atoms with Crippen molar-refractivity contribution in [3.8, 4) is 0 Å². The lowest BCUT2D eigenvalue weighted by molar-refractivity contribution is -0.161. The minimum Gasteiger partial charge on any atom is -0.481 e. The maximum absolute atomic E-state index is 12.4. The zero-order chi connectivity index (χ0) is 17.2. The Morgan fingerprint density at radius 2 is 1.68 bits per heavy atom. The normalized spacial score (nSPS) is 18.9. The van der Waals surface area contributed by atoms with Gasteiger partial charge in [-0.1, -0.05) is 0 Å². The van der Waals surface area contributed by atoms with Crippen LogP contribution in [0.25, 0.3) is 0 Å². The number of carboxylic acids is 1. The van der Waals surface area contributed by atoms with E-state index in [0.717, 1.165) is 0 Å². The molecule has 0 atom stereocenters. The Kier molecular flexibility index (Phi) is 5.35. The van der Waals surface area contributed by atoms with E-state index >= 15 is 0 Å². The first kappa shape index (κ1) is 18.6. The van der Waals surface area contributed by atoms with Gasteiger partial charge < -0.3 is 14.7 Å². The summed E-state index contributed by atoms with van der Waals surface area (Å²) >= 11 is 0. The molecule has 1 rings (SSSR count). The Morgan fingerprint density at radius 1 is 1.18 bits per heavy atom. The van der Waals surface area contributed by atoms with Crippen LogP contribution >= 0.6 is 0 Å². The molecule has 1 N–H and O–H groups in total. The number of carbonyl (C=O) groups excluding carboxylic acids is 1. The predicted octanol–water partition coefficient (Wildman–Crippen LogP) is 3.43. The number of aliphatic carboxylic acids is 1. The molecular weight excluding hydrogens is 303 g/mol. The molecule has 0 spiro atoms. The lowest BCUT2D eigenvalue weighted by Crippen LogP contribution is -2.48. The van der Waals surface area contributed by atoms with Crippen LogP contribution < -0.4 is 0 Å². The zero-order valence-electron chi connectivity index (χ0n) is 13.0. The van der Waals surface area contributed by atoms with Crippen molar-refractivity contribution in [1.29, 1.82) is 0 Å². The van der Waals surface area contributed by atoms with Crippen molar-refractivity contribution in [2.75, 3.05) is 13.1 Å². The van der Waals surface area contributed by atoms with Crippen molar-refractivity contribution in [1.82, 2.24) is 4.90 Å². The van der Waals surface area contributed by atoms with E-state index < -0.39 is 42.1 Å². The molecule has 5 nitrogen and oxygen atoms in total. The standard InChI is InChI=1S/C14H22F3NO4/c1-12(2,3)22-11(21)18-8-6-13(7-9-18,10(19)20)4-5-14(15,16)17/h4-9H2,1-3H3,(H,19,20). The first-order valence-corrected chi connectivity index (χ1v) is 7.13. The maximum atomic E-state index is 12.4. The van der Waals surface area contributed by atoms with Gasteiger partial charge in [0, 0.05) is 19.5 Å². The van der Waals surface area contributed by atoms with E-state index in [9.17, 15) is 27.9 Å². The van der Waals surface area contributed by atoms with Crippen molar-refractivity contribution in [2.24, 2.45) is 5.41 Å². The lowest BCUT2D eigenvalue weighted by atomic mass is 9.75. The van der Waals surface area contributed by atoms with E-state index in [0.29, 0.717) is 0 Å². The molecule has 0 aromatic carbocycles. The molecule has 1 aliphatic rings. The summed E-state index contributed by atoms with van der Waals surface area (Å²) in [5.41, 5.74) is -2.09. The number of amides is 1. The largest absolute Gasteiger partial charge is 0.481 e. The van der Waals surface area contributed by atoms with Gasteiger partial charge in [-0.3, -0.25) is 4.79 Å². The molecule has 0 radical (unpaired) electrons. The van der Waals surface area contributed by atoms with Crippen molar-refractivity contribution >= 4 is 12.1 Å². The number of hydrogen-bond donors (Lipinski definition) is 1. The second-order valence-corrected chi connectivity index (χ2v) is 6.67. The molecule has 1 amide bonds. The Hall–Kier alpha value is -1.47. The number of nitrogens with zero attached hydrogens (tertiary/aromatic N) is 1. The quantitative estimate of drug-likeness (QED) is 0.863. The van der Waals surface area contributed by atoms with Gasteiger partial charge in [0.25, 0.3) is 0 Å². The third-order valence-electron chi connectivity index (χ3n) is 3.71. The third-order valence-corrected chi connectivity index (χ3v) is 3.71. The molecule has 0 unspecified atom stereocenters. The van der Waals surface area contributed by atoms with Gasteiger partial charge in [-0.25, -0.2) is 4.79 Å². The molecule has 0 aromatic heterocycles. The lowest BCUT2D eigenvalue weighted by Gasteiger charge is -2.39. The first-order chi connectivity index (χ1) is 9.85. The van der Waals surface area contributed by atoms with Gasteiger partial charge in [0.1, 0.15) is 5.60 Å². The van der Waals surface area contributed by atoms with Crippen molar-refractivity contribution in [3.05, 3.63) is 0 Å². The van der Waals surface area contributed by atoms with Gasteiger partial charge in [-0.05, 0) is 40.0 Å². The molecule has 1 fully saturated rings. The number of rotatable bonds is 3. The minimum atomic E-state index is -4.38. The summed E-state index contributed by atoms with van der Waals surface area (Å²) in [4.78, 5) is 24.6. The van der Waals surface area contributed by atoms with Crippen LogP contribution in [-0.4, -0.2) is 46.9 Å². The monoisotopic (exact) mass is 325 g/mol. The molecule has 0 aliphatic carbocycles. The van der Waals surface area contributed by atoms with Gasteiger partial charge in [-0.15, -0.1) is 0 Å². The van der Waals surface area contributed by atoms with Gasteiger partial charge >= 0.3 is 18.2 Å². The summed E-state index contributed by atoms with van der Waals surface area (Å²) in [7, 11) is 0. The topological polar surface area (TPSA) is 66.8 Å². The minimum absolute atomic E-state index is 0.00233. The highest BCUT2D eigenvalue weighted by molar-refractivity contribution is 5.75. The number of halogens is 3. The van der Waals surface area contributed by atoms with Gasteiger partial charge in [0.05, 0.1) is 5.41 Å². The molecule has 128 valence electrons. The van der Waals surface area contributed by atoms with Gasteiger partial charge in [0.2, 0.25) is 0 Å². The average molecular weight is 325 g/mol. The molecule has 1 heterocycles. The molecule has 22 heavy (non-hydrogen) atoms. The molecule has 0 aromatic rings. The summed E-state index contributed by atoms with van der Waals surface area (Å²) < 4.78 is 42.3. The average Bonchev–Trinajstić information content (AvgIpc) is 2.33. The van der Waals surface area contributed by atoms with Crippen LogP contribution in [0.4, 0.5) is 18.0 Å². The summed E-state index contributed by atoms with van der Waals surface area (Å²) in [5.74, 6) is -1.24. The summed E-state index contributed by atoms with van der Waals surface area (Å²) in [5, 5.41) is 9.29. The molecule has 1 aliphatic heterocycles. The van der Waals surface area contributed by atoms with Crippen LogP contribution in [0.3, 0.4) is 0 Å². The van der Waals surface area contributed by atoms with E-state index in [2.05, 4.69) is 0 Å². The van der Waals surface area contributed by atoms with E-state index in [-0.39, 0.29) is 25.9 Å². The van der Waals surface area contributed by atoms with Crippen molar-refractivity contribution < 1.29 is 32.6 Å². The van der Waals surface area contributed by atoms with Gasteiger partial charge in [0.15, 0.2) is 0 Å². The summed E-state index contributed by atoms with van der Waals surface area (Å²) in [6.07, 6.45) is -6.55. The number of likely N-dealkylation sites (tertiary alicyclic amines) is 1. The van der Waals surface area contributed by atoms with Gasteiger partial charge in [-0.2, -0.15) is 13.2 Å². The Balaban J connectivity index is 2.66. The first-order valence-electron chi connectivity index (χ1n) is 7.13. The fourth-order valence-corrected chi connectivity index (χ4v) is 2.40. The number of carboxylic acid groups (broad SMARTS) is 1. The van der Waals surface area contributed by atoms with Crippen LogP contribution in [0.15, 0.2) is 0 Å². The Labute approximate surface area is 127 Å². The van der Waals surface area contributed by atoms with Crippen LogP contribution in [-0.2, 0) is 9.53 Å². The molecule has 8 heteroatoms. The number of carbonyl (C=O) groups is 2. The predicted molar refractivity (Wildman–Crippen MR) is 72.4 cm³/mol. The van der Waals surface area contributed by atoms with Crippen molar-refractivity contribution in [2.45, 2.75) is 58.2 Å². The van der Waals surface area contributed by atoms with E-state index in [4.69, 9.17) is 4.74 Å². The Bertz CT molecular complexity index is 421. The highest BCUT2D eigenvalue weighted by Crippen LogP contribution is 2.39. The smallest absolute Gasteiger partial charge is 0.410 e. The molecular formula is C14H22F3NO4. The van der Waals surface area contributed by atoms with Crippen LogP contribution in [0.2, 0.25) is 0 Å². The molecule has 0 saturated carbocycles. The van der Waals surface area contributed by atoms with Crippen LogP contribution in [0, 0.1) is 5.41 Å². The number of ether oxygens (including phenoxy) is 1. The third kappa shape index (κ3) is 5.38. The maximum Gasteiger partial charge on any atom is 0.410 e.